The molecule has 21 heavy (non-hydrogen) atoms. The lowest BCUT2D eigenvalue weighted by atomic mass is 9.73. The fraction of sp³-hybridized carbons (Fsp3) is 0.562. The molecule has 0 aromatic heterocycles. The van der Waals surface area contributed by atoms with Crippen LogP contribution in [0, 0.1) is 16.7 Å². The molecular weight excluding hydrogens is 277 g/mol. The van der Waals surface area contributed by atoms with E-state index in [9.17, 15) is 13.2 Å². The standard InChI is InChI=1S/C16H19F3N2/c1-15(2)8-4-3-5-14(15)21-13-7-6-12(16(17,18)19)9-11(13)10-20/h6-7,9,14,21H,3-5,8H2,1-2H3. The summed E-state index contributed by atoms with van der Waals surface area (Å²) in [6, 6.07) is 5.35. The normalized spacial score (nSPS) is 21.6. The van der Waals surface area contributed by atoms with E-state index in [4.69, 9.17) is 5.26 Å². The second kappa shape index (κ2) is 5.59. The van der Waals surface area contributed by atoms with Gasteiger partial charge in [-0.1, -0.05) is 26.7 Å². The van der Waals surface area contributed by atoms with Gasteiger partial charge in [-0.3, -0.25) is 0 Å². The van der Waals surface area contributed by atoms with Crippen molar-refractivity contribution < 1.29 is 13.2 Å². The number of nitrogens with zero attached hydrogens (tertiary/aromatic N) is 1. The van der Waals surface area contributed by atoms with Crippen molar-refractivity contribution in [2.45, 2.75) is 51.7 Å². The summed E-state index contributed by atoms with van der Waals surface area (Å²) in [4.78, 5) is 0. The first-order valence-electron chi connectivity index (χ1n) is 7.12. The minimum atomic E-state index is -4.42. The molecule has 1 aliphatic rings. The van der Waals surface area contributed by atoms with Crippen molar-refractivity contribution in [2.75, 3.05) is 5.32 Å². The number of alkyl halides is 3. The van der Waals surface area contributed by atoms with Gasteiger partial charge in [-0.15, -0.1) is 0 Å². The summed E-state index contributed by atoms with van der Waals surface area (Å²) in [5.74, 6) is 0. The Hall–Kier alpha value is -1.70. The molecule has 0 amide bonds. The van der Waals surface area contributed by atoms with Crippen LogP contribution in [-0.2, 0) is 6.18 Å². The zero-order valence-electron chi connectivity index (χ0n) is 12.2. The van der Waals surface area contributed by atoms with Gasteiger partial charge in [-0.25, -0.2) is 0 Å². The quantitative estimate of drug-likeness (QED) is 0.837. The zero-order valence-corrected chi connectivity index (χ0v) is 12.2. The van der Waals surface area contributed by atoms with E-state index in [1.807, 2.05) is 6.07 Å². The lowest BCUT2D eigenvalue weighted by Crippen LogP contribution is -2.39. The lowest BCUT2D eigenvalue weighted by molar-refractivity contribution is -0.137. The van der Waals surface area contributed by atoms with Gasteiger partial charge < -0.3 is 5.32 Å². The predicted molar refractivity (Wildman–Crippen MR) is 75.8 cm³/mol. The van der Waals surface area contributed by atoms with Crippen molar-refractivity contribution in [3.63, 3.8) is 0 Å². The van der Waals surface area contributed by atoms with Gasteiger partial charge in [-0.05, 0) is 36.5 Å². The SMILES string of the molecule is CC1(C)CCCCC1Nc1ccc(C(F)(F)F)cc1C#N. The summed E-state index contributed by atoms with van der Waals surface area (Å²) < 4.78 is 38.1. The van der Waals surface area contributed by atoms with Crippen molar-refractivity contribution in [3.8, 4) is 6.07 Å². The summed E-state index contributed by atoms with van der Waals surface area (Å²) >= 11 is 0. The third-order valence-electron chi connectivity index (χ3n) is 4.30. The molecule has 1 fully saturated rings. The van der Waals surface area contributed by atoms with Crippen LogP contribution in [0.2, 0.25) is 0 Å². The molecule has 0 radical (unpaired) electrons. The summed E-state index contributed by atoms with van der Waals surface area (Å²) in [7, 11) is 0. The van der Waals surface area contributed by atoms with Gasteiger partial charge in [0, 0.05) is 6.04 Å². The van der Waals surface area contributed by atoms with E-state index in [0.717, 1.165) is 31.4 Å². The van der Waals surface area contributed by atoms with Crippen LogP contribution in [0.4, 0.5) is 18.9 Å². The minimum absolute atomic E-state index is 0.0474. The monoisotopic (exact) mass is 296 g/mol. The van der Waals surface area contributed by atoms with Crippen LogP contribution >= 0.6 is 0 Å². The minimum Gasteiger partial charge on any atom is -0.381 e. The second-order valence-corrected chi connectivity index (χ2v) is 6.30. The third kappa shape index (κ3) is 3.49. The van der Waals surface area contributed by atoms with E-state index < -0.39 is 11.7 Å². The topological polar surface area (TPSA) is 35.8 Å². The molecule has 1 saturated carbocycles. The Bertz CT molecular complexity index is 556. The van der Waals surface area contributed by atoms with Crippen LogP contribution < -0.4 is 5.32 Å². The highest BCUT2D eigenvalue weighted by molar-refractivity contribution is 5.59. The van der Waals surface area contributed by atoms with Crippen LogP contribution in [0.5, 0.6) is 0 Å². The number of nitriles is 1. The Morgan fingerprint density at radius 1 is 1.29 bits per heavy atom. The molecule has 2 rings (SSSR count). The third-order valence-corrected chi connectivity index (χ3v) is 4.30. The summed E-state index contributed by atoms with van der Waals surface area (Å²) in [5.41, 5.74) is -0.169. The van der Waals surface area contributed by atoms with E-state index in [0.29, 0.717) is 5.69 Å². The summed E-state index contributed by atoms with van der Waals surface area (Å²) in [6.45, 7) is 4.31. The van der Waals surface area contributed by atoms with Gasteiger partial charge >= 0.3 is 6.18 Å². The number of benzene rings is 1. The molecule has 1 unspecified atom stereocenters. The highest BCUT2D eigenvalue weighted by atomic mass is 19.4. The van der Waals surface area contributed by atoms with Crippen LogP contribution in [0.3, 0.4) is 0 Å². The number of rotatable bonds is 2. The fourth-order valence-corrected chi connectivity index (χ4v) is 2.89. The molecule has 0 heterocycles. The second-order valence-electron chi connectivity index (χ2n) is 6.30. The molecule has 1 aromatic carbocycles. The van der Waals surface area contributed by atoms with E-state index >= 15 is 0 Å². The van der Waals surface area contributed by atoms with Crippen LogP contribution in [0.15, 0.2) is 18.2 Å². The molecule has 1 atom stereocenters. The van der Waals surface area contributed by atoms with Gasteiger partial charge in [0.2, 0.25) is 0 Å². The first-order chi connectivity index (χ1) is 9.74. The fourth-order valence-electron chi connectivity index (χ4n) is 2.89. The van der Waals surface area contributed by atoms with Gasteiger partial charge in [0.05, 0.1) is 16.8 Å². The van der Waals surface area contributed by atoms with Crippen molar-refractivity contribution >= 4 is 5.69 Å². The molecule has 1 aromatic rings. The molecule has 0 saturated heterocycles. The maximum Gasteiger partial charge on any atom is 0.416 e. The number of nitrogens with one attached hydrogen (secondary N) is 1. The maximum absolute atomic E-state index is 12.7. The highest BCUT2D eigenvalue weighted by Crippen LogP contribution is 2.38. The van der Waals surface area contributed by atoms with Crippen LogP contribution in [-0.4, -0.2) is 6.04 Å². The highest BCUT2D eigenvalue weighted by Gasteiger charge is 2.34. The molecular formula is C16H19F3N2. The Morgan fingerprint density at radius 3 is 2.57 bits per heavy atom. The predicted octanol–water partition coefficient (Wildman–Crippen LogP) is 4.96. The Labute approximate surface area is 123 Å². The van der Waals surface area contributed by atoms with E-state index in [1.54, 1.807) is 0 Å². The van der Waals surface area contributed by atoms with Crippen LogP contribution in [0.1, 0.15) is 50.7 Å². The maximum atomic E-state index is 12.7. The number of anilines is 1. The van der Waals surface area contributed by atoms with Crippen molar-refractivity contribution in [1.82, 2.24) is 0 Å². The van der Waals surface area contributed by atoms with Gasteiger partial charge in [0.25, 0.3) is 0 Å². The molecule has 5 heteroatoms. The van der Waals surface area contributed by atoms with Crippen molar-refractivity contribution in [1.29, 1.82) is 5.26 Å². The Balaban J connectivity index is 2.26. The molecule has 0 bridgehead atoms. The first kappa shape index (κ1) is 15.7. The van der Waals surface area contributed by atoms with Gasteiger partial charge in [0.1, 0.15) is 6.07 Å². The Kier molecular flexibility index (Phi) is 4.18. The van der Waals surface area contributed by atoms with E-state index in [1.165, 1.54) is 12.5 Å². The van der Waals surface area contributed by atoms with Gasteiger partial charge in [0.15, 0.2) is 0 Å². The number of hydrogen-bond acceptors (Lipinski definition) is 2. The zero-order chi connectivity index (χ0) is 15.7. The van der Waals surface area contributed by atoms with E-state index in [-0.39, 0.29) is 17.0 Å². The van der Waals surface area contributed by atoms with Crippen molar-refractivity contribution in [3.05, 3.63) is 29.3 Å². The summed E-state index contributed by atoms with van der Waals surface area (Å²) in [5, 5.41) is 12.4. The molecule has 1 N–H and O–H groups in total. The average Bonchev–Trinajstić information content (AvgIpc) is 2.40. The van der Waals surface area contributed by atoms with Crippen LogP contribution in [0.25, 0.3) is 0 Å². The molecule has 0 aliphatic heterocycles. The largest absolute Gasteiger partial charge is 0.416 e. The molecule has 1 aliphatic carbocycles. The first-order valence-corrected chi connectivity index (χ1v) is 7.12. The lowest BCUT2D eigenvalue weighted by Gasteiger charge is -2.39. The number of halogens is 3. The molecule has 114 valence electrons. The van der Waals surface area contributed by atoms with E-state index in [2.05, 4.69) is 19.2 Å². The average molecular weight is 296 g/mol. The van der Waals surface area contributed by atoms with Gasteiger partial charge in [-0.2, -0.15) is 18.4 Å². The molecule has 0 spiro atoms. The smallest absolute Gasteiger partial charge is 0.381 e. The summed E-state index contributed by atoms with van der Waals surface area (Å²) in [6.07, 6.45) is -0.104. The Morgan fingerprint density at radius 2 is 2.00 bits per heavy atom. The molecule has 2 nitrogen and oxygen atoms in total. The van der Waals surface area contributed by atoms with Crippen molar-refractivity contribution in [2.24, 2.45) is 5.41 Å². The number of hydrogen-bond donors (Lipinski definition) is 1.